The van der Waals surface area contributed by atoms with Crippen LogP contribution in [-0.4, -0.2) is 39.5 Å². The van der Waals surface area contributed by atoms with Crippen molar-refractivity contribution >= 4 is 16.1 Å². The van der Waals surface area contributed by atoms with Crippen LogP contribution in [0.25, 0.3) is 0 Å². The van der Waals surface area contributed by atoms with Gasteiger partial charge < -0.3 is 14.2 Å². The number of hydrogen-bond donors (Lipinski definition) is 0. The molecule has 0 saturated carbocycles. The van der Waals surface area contributed by atoms with Crippen LogP contribution in [0.3, 0.4) is 0 Å². The summed E-state index contributed by atoms with van der Waals surface area (Å²) in [5.74, 6) is -0.193. The fourth-order valence-electron chi connectivity index (χ4n) is 2.76. The quantitative estimate of drug-likeness (QED) is 0.392. The molecule has 30 heavy (non-hydrogen) atoms. The third kappa shape index (κ3) is 7.78. The molecule has 0 amide bonds. The summed E-state index contributed by atoms with van der Waals surface area (Å²) < 4.78 is 45.7. The topological polar surface area (TPSA) is 88.1 Å². The zero-order valence-corrected chi connectivity index (χ0v) is 18.4. The van der Waals surface area contributed by atoms with Crippen LogP contribution in [0.4, 0.5) is 0 Å². The Morgan fingerprint density at radius 3 is 2.33 bits per heavy atom. The van der Waals surface area contributed by atoms with Gasteiger partial charge in [0.05, 0.1) is 19.0 Å². The van der Waals surface area contributed by atoms with Crippen molar-refractivity contribution in [3.8, 4) is 5.75 Å². The summed E-state index contributed by atoms with van der Waals surface area (Å²) in [6, 6.07) is 16.4. The normalized spacial score (nSPS) is 13.6. The molecule has 0 bridgehead atoms. The van der Waals surface area contributed by atoms with Crippen LogP contribution in [0.15, 0.2) is 54.6 Å². The van der Waals surface area contributed by atoms with Gasteiger partial charge in [-0.2, -0.15) is 8.42 Å². The Kier molecular flexibility index (Phi) is 8.83. The summed E-state index contributed by atoms with van der Waals surface area (Å²) in [4.78, 5) is 12.5. The highest BCUT2D eigenvalue weighted by Crippen LogP contribution is 2.30. The van der Waals surface area contributed by atoms with Crippen molar-refractivity contribution in [1.82, 2.24) is 0 Å². The molecule has 0 N–H and O–H groups in total. The van der Waals surface area contributed by atoms with Gasteiger partial charge in [-0.15, -0.1) is 0 Å². The summed E-state index contributed by atoms with van der Waals surface area (Å²) in [6.45, 7) is 5.61. The Hall–Kier alpha value is -2.42. The fraction of sp³-hybridized carbons (Fsp3) is 0.409. The smallest absolute Gasteiger partial charge is 0.338 e. The van der Waals surface area contributed by atoms with E-state index >= 15 is 0 Å². The number of esters is 1. The van der Waals surface area contributed by atoms with Gasteiger partial charge in [-0.1, -0.05) is 42.5 Å². The third-order valence-corrected chi connectivity index (χ3v) is 4.48. The summed E-state index contributed by atoms with van der Waals surface area (Å²) in [5, 5.41) is 0. The number of carbonyl (C=O) groups is 1. The van der Waals surface area contributed by atoms with Crippen molar-refractivity contribution in [3.05, 3.63) is 65.7 Å². The minimum Gasteiger partial charge on any atom is -0.489 e. The van der Waals surface area contributed by atoms with Gasteiger partial charge in [0.2, 0.25) is 0 Å². The lowest BCUT2D eigenvalue weighted by Gasteiger charge is -2.27. The Bertz CT molecular complexity index is 910. The van der Waals surface area contributed by atoms with Gasteiger partial charge in [0.25, 0.3) is 10.1 Å². The zero-order chi connectivity index (χ0) is 22.1. The number of benzene rings is 2. The van der Waals surface area contributed by atoms with Crippen molar-refractivity contribution in [2.45, 2.75) is 45.7 Å². The van der Waals surface area contributed by atoms with Crippen LogP contribution < -0.4 is 4.74 Å². The van der Waals surface area contributed by atoms with Crippen LogP contribution >= 0.6 is 0 Å². The first-order valence-electron chi connectivity index (χ1n) is 9.66. The molecular formula is C22H28O7S. The van der Waals surface area contributed by atoms with Gasteiger partial charge in [0, 0.05) is 0 Å². The second-order valence-electron chi connectivity index (χ2n) is 6.93. The molecule has 0 spiro atoms. The first kappa shape index (κ1) is 23.9. The first-order valence-corrected chi connectivity index (χ1v) is 11.5. The zero-order valence-electron chi connectivity index (χ0n) is 17.6. The Morgan fingerprint density at radius 1 is 1.03 bits per heavy atom. The van der Waals surface area contributed by atoms with E-state index in [1.165, 1.54) is 0 Å². The molecule has 0 aliphatic carbocycles. The highest BCUT2D eigenvalue weighted by atomic mass is 32.2. The standard InChI is InChI=1S/C22H28O7S/c1-5-26-22(23)21(28-16(2)3)20(29-30(4,24)25)18-12-9-13-19(14-18)27-15-17-10-7-6-8-11-17/h6-14,16,20-21H,5,15H2,1-4H3. The second-order valence-corrected chi connectivity index (χ2v) is 8.53. The number of hydrogen-bond acceptors (Lipinski definition) is 7. The van der Waals surface area contributed by atoms with Crippen molar-refractivity contribution in [3.63, 3.8) is 0 Å². The van der Waals surface area contributed by atoms with Gasteiger partial charge in [-0.3, -0.25) is 4.18 Å². The summed E-state index contributed by atoms with van der Waals surface area (Å²) in [5.41, 5.74) is 1.41. The molecule has 2 aromatic rings. The van der Waals surface area contributed by atoms with E-state index in [-0.39, 0.29) is 12.7 Å². The Labute approximate surface area is 178 Å². The molecule has 7 nitrogen and oxygen atoms in total. The molecule has 0 aromatic heterocycles. The van der Waals surface area contributed by atoms with Crippen molar-refractivity contribution < 1.29 is 31.6 Å². The van der Waals surface area contributed by atoms with Crippen molar-refractivity contribution in [2.75, 3.05) is 12.9 Å². The highest BCUT2D eigenvalue weighted by Gasteiger charge is 2.36. The number of rotatable bonds is 11. The molecule has 2 atom stereocenters. The van der Waals surface area contributed by atoms with Crippen LogP contribution in [0, 0.1) is 0 Å². The van der Waals surface area contributed by atoms with E-state index < -0.39 is 28.3 Å². The average Bonchev–Trinajstić information content (AvgIpc) is 2.69. The monoisotopic (exact) mass is 436 g/mol. The van der Waals surface area contributed by atoms with Gasteiger partial charge in [-0.05, 0) is 44.0 Å². The predicted molar refractivity (Wildman–Crippen MR) is 113 cm³/mol. The second kappa shape index (κ2) is 11.1. The fourth-order valence-corrected chi connectivity index (χ4v) is 3.35. The minimum absolute atomic E-state index is 0.128. The maximum atomic E-state index is 12.5. The molecule has 2 rings (SSSR count). The van der Waals surface area contributed by atoms with E-state index in [9.17, 15) is 13.2 Å². The molecule has 2 unspecified atom stereocenters. The Balaban J connectivity index is 2.33. The molecule has 0 radical (unpaired) electrons. The molecule has 164 valence electrons. The van der Waals surface area contributed by atoms with Crippen LogP contribution in [0.5, 0.6) is 5.75 Å². The molecule has 8 heteroatoms. The SMILES string of the molecule is CCOC(=O)C(OC(C)C)C(OS(C)(=O)=O)c1cccc(OCc2ccccc2)c1. The van der Waals surface area contributed by atoms with Gasteiger partial charge in [-0.25, -0.2) is 4.79 Å². The predicted octanol–water partition coefficient (Wildman–Crippen LogP) is 3.64. The van der Waals surface area contributed by atoms with E-state index in [0.717, 1.165) is 11.8 Å². The van der Waals surface area contributed by atoms with Crippen LogP contribution in [-0.2, 0) is 35.2 Å². The van der Waals surface area contributed by atoms with Crippen molar-refractivity contribution in [1.29, 1.82) is 0 Å². The molecule has 0 aliphatic heterocycles. The van der Waals surface area contributed by atoms with E-state index in [1.807, 2.05) is 30.3 Å². The van der Waals surface area contributed by atoms with Crippen LogP contribution in [0.1, 0.15) is 38.0 Å². The van der Waals surface area contributed by atoms with Gasteiger partial charge >= 0.3 is 5.97 Å². The molecule has 0 saturated heterocycles. The summed E-state index contributed by atoms with van der Waals surface area (Å²) in [6.07, 6.45) is -1.92. The molecular weight excluding hydrogens is 408 g/mol. The molecule has 0 heterocycles. The van der Waals surface area contributed by atoms with Crippen molar-refractivity contribution in [2.24, 2.45) is 0 Å². The number of ether oxygens (including phenoxy) is 3. The first-order chi connectivity index (χ1) is 14.2. The van der Waals surface area contributed by atoms with Gasteiger partial charge in [0.1, 0.15) is 18.5 Å². The maximum absolute atomic E-state index is 12.5. The molecule has 0 fully saturated rings. The van der Waals surface area contributed by atoms with E-state index in [0.29, 0.717) is 17.9 Å². The summed E-state index contributed by atoms with van der Waals surface area (Å²) in [7, 11) is -3.90. The van der Waals surface area contributed by atoms with E-state index in [4.69, 9.17) is 18.4 Å². The molecule has 2 aromatic carbocycles. The molecule has 0 aliphatic rings. The lowest BCUT2D eigenvalue weighted by atomic mass is 10.0. The van der Waals surface area contributed by atoms with E-state index in [1.54, 1.807) is 45.0 Å². The maximum Gasteiger partial charge on any atom is 0.338 e. The lowest BCUT2D eigenvalue weighted by molar-refractivity contribution is -0.167. The Morgan fingerprint density at radius 2 is 1.73 bits per heavy atom. The highest BCUT2D eigenvalue weighted by molar-refractivity contribution is 7.86. The lowest BCUT2D eigenvalue weighted by Crippen LogP contribution is -2.37. The third-order valence-electron chi connectivity index (χ3n) is 3.93. The van der Waals surface area contributed by atoms with Gasteiger partial charge in [0.15, 0.2) is 6.10 Å². The largest absolute Gasteiger partial charge is 0.489 e. The minimum atomic E-state index is -3.90. The average molecular weight is 437 g/mol. The summed E-state index contributed by atoms with van der Waals surface area (Å²) >= 11 is 0. The number of carbonyl (C=O) groups excluding carboxylic acids is 1. The van der Waals surface area contributed by atoms with Crippen LogP contribution in [0.2, 0.25) is 0 Å². The van der Waals surface area contributed by atoms with E-state index in [2.05, 4.69) is 0 Å².